The zero-order valence-electron chi connectivity index (χ0n) is 15.2. The van der Waals surface area contributed by atoms with E-state index in [1.54, 1.807) is 18.2 Å². The lowest BCUT2D eigenvalue weighted by Crippen LogP contribution is -2.35. The quantitative estimate of drug-likeness (QED) is 0.658. The third kappa shape index (κ3) is 3.79. The van der Waals surface area contributed by atoms with Crippen molar-refractivity contribution in [3.8, 4) is 0 Å². The maximum absolute atomic E-state index is 13.3. The molecule has 5 nitrogen and oxygen atoms in total. The van der Waals surface area contributed by atoms with Gasteiger partial charge in [-0.25, -0.2) is 19.6 Å². The maximum atomic E-state index is 13.3. The number of hydrogen-bond donors (Lipinski definition) is 2. The molecule has 1 amide bonds. The van der Waals surface area contributed by atoms with Gasteiger partial charge in [0.05, 0.1) is 17.3 Å². The summed E-state index contributed by atoms with van der Waals surface area (Å²) < 4.78 is 13.3. The average molecular weight is 388 g/mol. The van der Waals surface area contributed by atoms with Gasteiger partial charge in [0.15, 0.2) is 0 Å². The number of hydrogen-bond acceptors (Lipinski definition) is 3. The smallest absolute Gasteiger partial charge is 0.335 e. The first-order valence-electron chi connectivity index (χ1n) is 8.99. The summed E-state index contributed by atoms with van der Waals surface area (Å²) in [5.74, 6) is -1.64. The van der Waals surface area contributed by atoms with E-state index in [1.807, 2.05) is 30.3 Å². The summed E-state index contributed by atoms with van der Waals surface area (Å²) in [4.78, 5) is 24.2. The molecular formula is C23H17FN2O3. The Hall–Kier alpha value is -3.77. The number of hydrazine groups is 1. The number of benzene rings is 3. The van der Waals surface area contributed by atoms with Crippen molar-refractivity contribution in [1.82, 2.24) is 5.43 Å². The van der Waals surface area contributed by atoms with E-state index in [2.05, 4.69) is 5.43 Å². The van der Waals surface area contributed by atoms with Crippen LogP contribution >= 0.6 is 0 Å². The van der Waals surface area contributed by atoms with E-state index >= 15 is 0 Å². The lowest BCUT2D eigenvalue weighted by atomic mass is 9.98. The van der Waals surface area contributed by atoms with Gasteiger partial charge in [-0.05, 0) is 53.6 Å². The third-order valence-corrected chi connectivity index (χ3v) is 4.72. The van der Waals surface area contributed by atoms with Gasteiger partial charge in [-0.3, -0.25) is 4.79 Å². The molecule has 1 aliphatic heterocycles. The normalized spacial score (nSPS) is 17.7. The SMILES string of the molecule is O=C(O)c1ccc(/C=C2\C(=O)N(c3ccc(F)cc3)NC2c2ccccc2)cc1. The van der Waals surface area contributed by atoms with Gasteiger partial charge < -0.3 is 5.11 Å². The Kier molecular flexibility index (Phi) is 4.93. The van der Waals surface area contributed by atoms with Crippen molar-refractivity contribution in [2.24, 2.45) is 0 Å². The van der Waals surface area contributed by atoms with E-state index < -0.39 is 12.0 Å². The Morgan fingerprint density at radius 3 is 2.24 bits per heavy atom. The van der Waals surface area contributed by atoms with Crippen LogP contribution in [-0.2, 0) is 4.79 Å². The van der Waals surface area contributed by atoms with E-state index in [4.69, 9.17) is 5.11 Å². The van der Waals surface area contributed by atoms with E-state index in [0.717, 1.165) is 5.56 Å². The van der Waals surface area contributed by atoms with Crippen LogP contribution in [0.15, 0.2) is 84.4 Å². The summed E-state index contributed by atoms with van der Waals surface area (Å²) in [5.41, 5.74) is 6.01. The molecule has 3 aromatic rings. The summed E-state index contributed by atoms with van der Waals surface area (Å²) in [6.45, 7) is 0. The summed E-state index contributed by atoms with van der Waals surface area (Å²) in [5, 5.41) is 10.5. The number of carbonyl (C=O) groups excluding carboxylic acids is 1. The number of halogens is 1. The average Bonchev–Trinajstić information content (AvgIpc) is 3.06. The van der Waals surface area contributed by atoms with Crippen LogP contribution in [0.4, 0.5) is 10.1 Å². The summed E-state index contributed by atoms with van der Waals surface area (Å²) in [6.07, 6.45) is 1.74. The molecule has 2 N–H and O–H groups in total. The van der Waals surface area contributed by atoms with Crippen LogP contribution in [0.5, 0.6) is 0 Å². The van der Waals surface area contributed by atoms with Gasteiger partial charge in [0, 0.05) is 5.57 Å². The fourth-order valence-corrected chi connectivity index (χ4v) is 3.24. The number of rotatable bonds is 4. The molecule has 144 valence electrons. The molecule has 0 aromatic heterocycles. The van der Waals surface area contributed by atoms with E-state index in [-0.39, 0.29) is 17.3 Å². The highest BCUT2D eigenvalue weighted by atomic mass is 19.1. The number of carboxylic acids is 1. The topological polar surface area (TPSA) is 69.6 Å². The van der Waals surface area contributed by atoms with Crippen LogP contribution in [0, 0.1) is 5.82 Å². The minimum absolute atomic E-state index is 0.176. The number of nitrogens with zero attached hydrogens (tertiary/aromatic N) is 1. The number of carbonyl (C=O) groups is 2. The van der Waals surface area contributed by atoms with Crippen LogP contribution in [0.2, 0.25) is 0 Å². The minimum atomic E-state index is -1.01. The Morgan fingerprint density at radius 1 is 0.966 bits per heavy atom. The predicted molar refractivity (Wildman–Crippen MR) is 108 cm³/mol. The zero-order chi connectivity index (χ0) is 20.4. The summed E-state index contributed by atoms with van der Waals surface area (Å²) in [7, 11) is 0. The van der Waals surface area contributed by atoms with E-state index in [9.17, 15) is 14.0 Å². The highest BCUT2D eigenvalue weighted by Gasteiger charge is 2.36. The van der Waals surface area contributed by atoms with Gasteiger partial charge in [-0.1, -0.05) is 42.5 Å². The van der Waals surface area contributed by atoms with Gasteiger partial charge in [0.25, 0.3) is 5.91 Å². The largest absolute Gasteiger partial charge is 0.478 e. The molecule has 1 atom stereocenters. The molecule has 6 heteroatoms. The fraction of sp³-hybridized carbons (Fsp3) is 0.0435. The van der Waals surface area contributed by atoms with Crippen LogP contribution in [0.3, 0.4) is 0 Å². The zero-order valence-corrected chi connectivity index (χ0v) is 15.2. The number of anilines is 1. The van der Waals surface area contributed by atoms with Crippen molar-refractivity contribution in [3.63, 3.8) is 0 Å². The van der Waals surface area contributed by atoms with Crippen molar-refractivity contribution < 1.29 is 19.1 Å². The maximum Gasteiger partial charge on any atom is 0.335 e. The molecule has 4 rings (SSSR count). The first-order valence-corrected chi connectivity index (χ1v) is 8.99. The lowest BCUT2D eigenvalue weighted by Gasteiger charge is -2.17. The molecule has 0 radical (unpaired) electrons. The second kappa shape index (κ2) is 7.69. The third-order valence-electron chi connectivity index (χ3n) is 4.72. The Balaban J connectivity index is 1.74. The van der Waals surface area contributed by atoms with Crippen molar-refractivity contribution in [2.75, 3.05) is 5.01 Å². The van der Waals surface area contributed by atoms with Crippen LogP contribution < -0.4 is 10.4 Å². The van der Waals surface area contributed by atoms with Crippen LogP contribution in [0.25, 0.3) is 6.08 Å². The second-order valence-corrected chi connectivity index (χ2v) is 6.62. The Bertz CT molecular complexity index is 1080. The van der Waals surface area contributed by atoms with Crippen molar-refractivity contribution in [1.29, 1.82) is 0 Å². The van der Waals surface area contributed by atoms with Gasteiger partial charge >= 0.3 is 5.97 Å². The molecule has 1 unspecified atom stereocenters. The van der Waals surface area contributed by atoms with E-state index in [0.29, 0.717) is 16.8 Å². The number of carboxylic acid groups (broad SMARTS) is 1. The lowest BCUT2D eigenvalue weighted by molar-refractivity contribution is -0.114. The Labute approximate surface area is 166 Å². The first kappa shape index (κ1) is 18.6. The highest BCUT2D eigenvalue weighted by molar-refractivity contribution is 6.11. The van der Waals surface area contributed by atoms with Gasteiger partial charge in [0.1, 0.15) is 5.82 Å². The van der Waals surface area contributed by atoms with Gasteiger partial charge in [-0.15, -0.1) is 0 Å². The molecule has 0 spiro atoms. The molecule has 0 aliphatic carbocycles. The molecule has 1 fully saturated rings. The fourth-order valence-electron chi connectivity index (χ4n) is 3.24. The molecule has 1 saturated heterocycles. The highest BCUT2D eigenvalue weighted by Crippen LogP contribution is 2.33. The summed E-state index contributed by atoms with van der Waals surface area (Å²) >= 11 is 0. The van der Waals surface area contributed by atoms with Crippen molar-refractivity contribution in [2.45, 2.75) is 6.04 Å². The summed E-state index contributed by atoms with van der Waals surface area (Å²) in [6, 6.07) is 21.1. The van der Waals surface area contributed by atoms with Gasteiger partial charge in [-0.2, -0.15) is 0 Å². The monoisotopic (exact) mass is 388 g/mol. The number of nitrogens with one attached hydrogen (secondary N) is 1. The molecule has 1 heterocycles. The second-order valence-electron chi connectivity index (χ2n) is 6.62. The van der Waals surface area contributed by atoms with Crippen LogP contribution in [-0.4, -0.2) is 17.0 Å². The predicted octanol–water partition coefficient (Wildman–Crippen LogP) is 4.20. The number of amides is 1. The molecule has 0 bridgehead atoms. The first-order chi connectivity index (χ1) is 14.0. The van der Waals surface area contributed by atoms with E-state index in [1.165, 1.54) is 41.4 Å². The standard InChI is InChI=1S/C23H17FN2O3/c24-18-10-12-19(13-11-18)26-22(27)20(21(25-26)16-4-2-1-3-5-16)14-15-6-8-17(9-7-15)23(28)29/h1-14,21,25H,(H,28,29)/b20-14-. The Morgan fingerprint density at radius 2 is 1.62 bits per heavy atom. The van der Waals surface area contributed by atoms with Crippen molar-refractivity contribution >= 4 is 23.6 Å². The molecule has 29 heavy (non-hydrogen) atoms. The molecular weight excluding hydrogens is 371 g/mol. The molecule has 3 aromatic carbocycles. The van der Waals surface area contributed by atoms with Crippen LogP contribution in [0.1, 0.15) is 27.5 Å². The van der Waals surface area contributed by atoms with Gasteiger partial charge in [0.2, 0.25) is 0 Å². The van der Waals surface area contributed by atoms with Crippen molar-refractivity contribution in [3.05, 3.63) is 107 Å². The molecule has 1 aliphatic rings. The number of aromatic carboxylic acids is 1. The minimum Gasteiger partial charge on any atom is -0.478 e. The molecule has 0 saturated carbocycles.